The summed E-state index contributed by atoms with van der Waals surface area (Å²) in [5.74, 6) is 0.407. The zero-order valence-electron chi connectivity index (χ0n) is 10.1. The Morgan fingerprint density at radius 1 is 1.38 bits per heavy atom. The molecule has 5 nitrogen and oxygen atoms in total. The number of nitrogens with one attached hydrogen (secondary N) is 1. The maximum atomic E-state index is 10.9. The minimum atomic E-state index is -0.451. The standard InChI is InChI=1S/C11H19N3O2/c1-11(2,3)14-6-4-8(5-7-14)9-12-13-10(15)16-9/h8H,4-7H2,1-3H3,(H,13,15). The van der Waals surface area contributed by atoms with E-state index < -0.39 is 5.76 Å². The number of hydrogen-bond donors (Lipinski definition) is 1. The zero-order valence-corrected chi connectivity index (χ0v) is 10.1. The van der Waals surface area contributed by atoms with E-state index in [0.717, 1.165) is 25.9 Å². The molecule has 1 aromatic heterocycles. The van der Waals surface area contributed by atoms with Crippen LogP contribution in [0.4, 0.5) is 0 Å². The molecule has 0 amide bonds. The van der Waals surface area contributed by atoms with Gasteiger partial charge in [-0.15, -0.1) is 5.10 Å². The fourth-order valence-corrected chi connectivity index (χ4v) is 2.21. The van der Waals surface area contributed by atoms with Crippen molar-refractivity contribution in [3.05, 3.63) is 16.4 Å². The zero-order chi connectivity index (χ0) is 11.8. The third-order valence-corrected chi connectivity index (χ3v) is 3.25. The first-order chi connectivity index (χ1) is 7.47. The van der Waals surface area contributed by atoms with E-state index in [1.807, 2.05) is 0 Å². The number of rotatable bonds is 1. The van der Waals surface area contributed by atoms with Crippen molar-refractivity contribution in [1.82, 2.24) is 15.1 Å². The summed E-state index contributed by atoms with van der Waals surface area (Å²) in [6, 6.07) is 0. The minimum Gasteiger partial charge on any atom is -0.392 e. The van der Waals surface area contributed by atoms with E-state index in [0.29, 0.717) is 5.89 Å². The second kappa shape index (κ2) is 4.05. The van der Waals surface area contributed by atoms with Crippen LogP contribution in [0.3, 0.4) is 0 Å². The van der Waals surface area contributed by atoms with E-state index >= 15 is 0 Å². The summed E-state index contributed by atoms with van der Waals surface area (Å²) in [6.45, 7) is 8.74. The summed E-state index contributed by atoms with van der Waals surface area (Å²) in [5.41, 5.74) is 0.220. The summed E-state index contributed by atoms with van der Waals surface area (Å²) in [6.07, 6.45) is 2.01. The van der Waals surface area contributed by atoms with Gasteiger partial charge in [0.1, 0.15) is 0 Å². The van der Waals surface area contributed by atoms with E-state index in [2.05, 4.69) is 35.9 Å². The van der Waals surface area contributed by atoms with Gasteiger partial charge in [0, 0.05) is 11.5 Å². The lowest BCUT2D eigenvalue weighted by Crippen LogP contribution is -2.45. The molecule has 16 heavy (non-hydrogen) atoms. The Bertz CT molecular complexity index is 394. The number of aromatic nitrogens is 2. The molecule has 5 heteroatoms. The summed E-state index contributed by atoms with van der Waals surface area (Å²) < 4.78 is 5.00. The molecular weight excluding hydrogens is 206 g/mol. The largest absolute Gasteiger partial charge is 0.434 e. The van der Waals surface area contributed by atoms with Crippen molar-refractivity contribution in [3.8, 4) is 0 Å². The first-order valence-electron chi connectivity index (χ1n) is 5.77. The molecule has 0 unspecified atom stereocenters. The fraction of sp³-hybridized carbons (Fsp3) is 0.818. The van der Waals surface area contributed by atoms with Crippen LogP contribution in [-0.4, -0.2) is 33.7 Å². The van der Waals surface area contributed by atoms with Gasteiger partial charge in [-0.1, -0.05) is 0 Å². The highest BCUT2D eigenvalue weighted by atomic mass is 16.4. The number of hydrogen-bond acceptors (Lipinski definition) is 4. The highest BCUT2D eigenvalue weighted by molar-refractivity contribution is 4.94. The van der Waals surface area contributed by atoms with E-state index in [4.69, 9.17) is 4.42 Å². The quantitative estimate of drug-likeness (QED) is 0.783. The molecule has 1 fully saturated rings. The Morgan fingerprint density at radius 2 is 2.00 bits per heavy atom. The first kappa shape index (κ1) is 11.4. The maximum Gasteiger partial charge on any atom is 0.434 e. The van der Waals surface area contributed by atoms with E-state index in [9.17, 15) is 4.79 Å². The molecule has 0 bridgehead atoms. The summed E-state index contributed by atoms with van der Waals surface area (Å²) in [7, 11) is 0. The van der Waals surface area contributed by atoms with Gasteiger partial charge in [-0.3, -0.25) is 4.90 Å². The number of likely N-dealkylation sites (tertiary alicyclic amines) is 1. The Labute approximate surface area is 94.8 Å². The number of nitrogens with zero attached hydrogens (tertiary/aromatic N) is 2. The molecule has 0 spiro atoms. The van der Waals surface area contributed by atoms with Gasteiger partial charge in [0.25, 0.3) is 0 Å². The van der Waals surface area contributed by atoms with Crippen LogP contribution in [0.1, 0.15) is 45.4 Å². The Balaban J connectivity index is 1.98. The summed E-state index contributed by atoms with van der Waals surface area (Å²) >= 11 is 0. The number of H-pyrrole nitrogens is 1. The second-order valence-corrected chi connectivity index (χ2v) is 5.38. The Kier molecular flexibility index (Phi) is 2.88. The van der Waals surface area contributed by atoms with Gasteiger partial charge < -0.3 is 4.42 Å². The van der Waals surface area contributed by atoms with Crippen LogP contribution in [-0.2, 0) is 0 Å². The lowest BCUT2D eigenvalue weighted by Gasteiger charge is -2.40. The smallest absolute Gasteiger partial charge is 0.392 e. The first-order valence-corrected chi connectivity index (χ1v) is 5.77. The lowest BCUT2D eigenvalue weighted by molar-refractivity contribution is 0.0972. The molecule has 1 saturated heterocycles. The van der Waals surface area contributed by atoms with Gasteiger partial charge in [-0.2, -0.15) is 0 Å². The van der Waals surface area contributed by atoms with Crippen molar-refractivity contribution in [2.75, 3.05) is 13.1 Å². The molecule has 2 heterocycles. The molecule has 0 radical (unpaired) electrons. The van der Waals surface area contributed by atoms with E-state index in [-0.39, 0.29) is 11.5 Å². The third-order valence-electron chi connectivity index (χ3n) is 3.25. The molecule has 1 aromatic rings. The number of piperidine rings is 1. The van der Waals surface area contributed by atoms with Crippen LogP contribution in [0, 0.1) is 0 Å². The van der Waals surface area contributed by atoms with Crippen LogP contribution in [0.2, 0.25) is 0 Å². The number of aromatic amines is 1. The molecule has 1 aliphatic heterocycles. The third kappa shape index (κ3) is 2.35. The average Bonchev–Trinajstić information content (AvgIpc) is 2.64. The van der Waals surface area contributed by atoms with Crippen LogP contribution in [0.25, 0.3) is 0 Å². The molecule has 0 aromatic carbocycles. The highest BCUT2D eigenvalue weighted by Gasteiger charge is 2.29. The molecule has 0 atom stereocenters. The molecule has 1 N–H and O–H groups in total. The average molecular weight is 225 g/mol. The van der Waals surface area contributed by atoms with Crippen molar-refractivity contribution in [1.29, 1.82) is 0 Å². The molecule has 2 rings (SSSR count). The van der Waals surface area contributed by atoms with Crippen LogP contribution >= 0.6 is 0 Å². The fourth-order valence-electron chi connectivity index (χ4n) is 2.21. The second-order valence-electron chi connectivity index (χ2n) is 5.38. The SMILES string of the molecule is CC(C)(C)N1CCC(c2n[nH]c(=O)o2)CC1. The highest BCUT2D eigenvalue weighted by Crippen LogP contribution is 2.29. The lowest BCUT2D eigenvalue weighted by atomic mass is 9.93. The van der Waals surface area contributed by atoms with Gasteiger partial charge >= 0.3 is 5.76 Å². The van der Waals surface area contributed by atoms with E-state index in [1.165, 1.54) is 0 Å². The van der Waals surface area contributed by atoms with E-state index in [1.54, 1.807) is 0 Å². The van der Waals surface area contributed by atoms with Crippen molar-refractivity contribution in [2.24, 2.45) is 0 Å². The van der Waals surface area contributed by atoms with Gasteiger partial charge in [0.05, 0.1) is 0 Å². The summed E-state index contributed by atoms with van der Waals surface area (Å²) in [5, 5.41) is 6.23. The normalized spacial score (nSPS) is 20.2. The topological polar surface area (TPSA) is 62.1 Å². The van der Waals surface area contributed by atoms with Crippen molar-refractivity contribution < 1.29 is 4.42 Å². The van der Waals surface area contributed by atoms with Crippen molar-refractivity contribution in [3.63, 3.8) is 0 Å². The predicted octanol–water partition coefficient (Wildman–Crippen LogP) is 1.34. The van der Waals surface area contributed by atoms with Crippen LogP contribution in [0.5, 0.6) is 0 Å². The van der Waals surface area contributed by atoms with Crippen LogP contribution in [0.15, 0.2) is 9.21 Å². The van der Waals surface area contributed by atoms with Crippen molar-refractivity contribution >= 4 is 0 Å². The van der Waals surface area contributed by atoms with Gasteiger partial charge in [0.2, 0.25) is 5.89 Å². The van der Waals surface area contributed by atoms with Gasteiger partial charge in [-0.25, -0.2) is 9.89 Å². The molecule has 90 valence electrons. The Hall–Kier alpha value is -1.10. The molecular formula is C11H19N3O2. The molecule has 0 saturated carbocycles. The predicted molar refractivity (Wildman–Crippen MR) is 60.4 cm³/mol. The summed E-state index contributed by atoms with van der Waals surface area (Å²) in [4.78, 5) is 13.3. The van der Waals surface area contributed by atoms with Crippen molar-refractivity contribution in [2.45, 2.75) is 45.1 Å². The van der Waals surface area contributed by atoms with Crippen LogP contribution < -0.4 is 5.76 Å². The van der Waals surface area contributed by atoms with Gasteiger partial charge in [-0.05, 0) is 46.7 Å². The van der Waals surface area contributed by atoms with Gasteiger partial charge in [0.15, 0.2) is 0 Å². The minimum absolute atomic E-state index is 0.220. The molecule has 0 aliphatic carbocycles. The molecule has 1 aliphatic rings. The Morgan fingerprint density at radius 3 is 2.44 bits per heavy atom. The maximum absolute atomic E-state index is 10.9. The monoisotopic (exact) mass is 225 g/mol.